The van der Waals surface area contributed by atoms with Gasteiger partial charge in [-0.25, -0.2) is 14.8 Å². The molecule has 1 amide bonds. The van der Waals surface area contributed by atoms with Crippen molar-refractivity contribution in [3.05, 3.63) is 77.6 Å². The number of rotatable bonds is 8. The number of nitrogens with zero attached hydrogens (tertiary/aromatic N) is 4. The van der Waals surface area contributed by atoms with Gasteiger partial charge in [-0.1, -0.05) is 56.3 Å². The second-order valence-electron chi connectivity index (χ2n) is 9.71. The number of amides is 1. The number of halogens is 1. The largest absolute Gasteiger partial charge is 0.448 e. The molecule has 1 aromatic heterocycles. The van der Waals surface area contributed by atoms with Crippen molar-refractivity contribution in [3.8, 4) is 0 Å². The van der Waals surface area contributed by atoms with E-state index in [1.165, 1.54) is 11.1 Å². The van der Waals surface area contributed by atoms with Crippen LogP contribution in [0.15, 0.2) is 60.7 Å². The van der Waals surface area contributed by atoms with Crippen LogP contribution < -0.4 is 14.6 Å². The molecule has 4 rings (SSSR count). The van der Waals surface area contributed by atoms with Gasteiger partial charge in [-0.15, -0.1) is 0 Å². The summed E-state index contributed by atoms with van der Waals surface area (Å²) >= 11 is 6.13. The molecule has 3 aromatic rings. The van der Waals surface area contributed by atoms with Crippen LogP contribution in [-0.4, -0.2) is 42.8 Å². The Kier molecular flexibility index (Phi) is 7.45. The molecular formula is C27H32ClN5O2. The van der Waals surface area contributed by atoms with E-state index in [1.807, 2.05) is 43.3 Å². The van der Waals surface area contributed by atoms with Gasteiger partial charge >= 0.3 is 6.09 Å². The summed E-state index contributed by atoms with van der Waals surface area (Å²) in [7, 11) is 3.93. The van der Waals surface area contributed by atoms with Gasteiger partial charge in [0.05, 0.1) is 12.3 Å². The molecule has 0 saturated heterocycles. The summed E-state index contributed by atoms with van der Waals surface area (Å²) in [5, 5.41) is 3.62. The summed E-state index contributed by atoms with van der Waals surface area (Å²) in [5.41, 5.74) is 2.91. The molecule has 2 aromatic carbocycles. The van der Waals surface area contributed by atoms with Crippen molar-refractivity contribution in [1.82, 2.24) is 9.97 Å². The molecule has 0 atom stereocenters. The van der Waals surface area contributed by atoms with E-state index in [0.717, 1.165) is 28.9 Å². The number of hydrogen-bond acceptors (Lipinski definition) is 6. The molecule has 35 heavy (non-hydrogen) atoms. The van der Waals surface area contributed by atoms with Crippen LogP contribution in [0.5, 0.6) is 0 Å². The molecule has 0 fully saturated rings. The van der Waals surface area contributed by atoms with E-state index < -0.39 is 11.5 Å². The molecule has 0 spiro atoms. The predicted octanol–water partition coefficient (Wildman–Crippen LogP) is 5.59. The number of hydrogen-bond donors (Lipinski definition) is 1. The van der Waals surface area contributed by atoms with E-state index >= 15 is 0 Å². The first-order valence-corrected chi connectivity index (χ1v) is 12.1. The average molecular weight is 494 g/mol. The number of carbonyl (C=O) groups excluding carboxylic acids is 1. The van der Waals surface area contributed by atoms with Gasteiger partial charge in [-0.05, 0) is 42.5 Å². The van der Waals surface area contributed by atoms with E-state index in [4.69, 9.17) is 26.5 Å². The Labute approximate surface area is 212 Å². The van der Waals surface area contributed by atoms with Crippen LogP contribution >= 0.6 is 11.8 Å². The smallest absolute Gasteiger partial charge is 0.429 e. The topological polar surface area (TPSA) is 70.6 Å². The molecule has 0 saturated carbocycles. The zero-order chi connectivity index (χ0) is 25.0. The van der Waals surface area contributed by atoms with Gasteiger partial charge in [0.15, 0.2) is 0 Å². The van der Waals surface area contributed by atoms with Crippen molar-refractivity contribution in [3.63, 3.8) is 0 Å². The lowest BCUT2D eigenvalue weighted by Crippen LogP contribution is -2.28. The SMILES string of the molecule is CN(C)c1cc(NC2Cc3ccccc3C2)nc(C(C)(C)CCOC(=O)N(Cl)c2ccccc2)n1. The highest BCUT2D eigenvalue weighted by Gasteiger charge is 2.28. The van der Waals surface area contributed by atoms with Gasteiger partial charge in [0.1, 0.15) is 17.5 Å². The minimum absolute atomic E-state index is 0.193. The first-order chi connectivity index (χ1) is 16.7. The van der Waals surface area contributed by atoms with Crippen LogP contribution in [0.1, 0.15) is 37.2 Å². The molecule has 7 nitrogen and oxygen atoms in total. The van der Waals surface area contributed by atoms with Crippen LogP contribution in [0.25, 0.3) is 0 Å². The third kappa shape index (κ3) is 6.03. The molecule has 8 heteroatoms. The summed E-state index contributed by atoms with van der Waals surface area (Å²) in [6, 6.07) is 19.8. The molecule has 0 radical (unpaired) electrons. The molecule has 0 unspecified atom stereocenters. The van der Waals surface area contributed by atoms with Gasteiger partial charge in [0.25, 0.3) is 0 Å². The monoisotopic (exact) mass is 493 g/mol. The summed E-state index contributed by atoms with van der Waals surface area (Å²) in [6.45, 7) is 4.30. The minimum Gasteiger partial charge on any atom is -0.448 e. The zero-order valence-corrected chi connectivity index (χ0v) is 21.4. The standard InChI is InChI=1S/C27H32ClN5O2/c1-27(2,14-15-35-26(34)33(28)22-12-6-5-7-13-22)25-30-23(18-24(31-25)32(3)4)29-21-16-19-10-8-9-11-20(19)17-21/h5-13,18,21H,14-17H2,1-4H3,(H,29,30,31). The summed E-state index contributed by atoms with van der Waals surface area (Å²) in [6.07, 6.45) is 1.88. The van der Waals surface area contributed by atoms with Gasteiger partial charge in [0.2, 0.25) is 0 Å². The zero-order valence-electron chi connectivity index (χ0n) is 20.7. The van der Waals surface area contributed by atoms with Crippen molar-refractivity contribution in [2.24, 2.45) is 0 Å². The quantitative estimate of drug-likeness (QED) is 0.413. The predicted molar refractivity (Wildman–Crippen MR) is 141 cm³/mol. The second-order valence-corrected chi connectivity index (χ2v) is 10.1. The van der Waals surface area contributed by atoms with E-state index in [2.05, 4.69) is 43.4 Å². The fourth-order valence-corrected chi connectivity index (χ4v) is 4.30. The fourth-order valence-electron chi connectivity index (χ4n) is 4.14. The van der Waals surface area contributed by atoms with E-state index in [9.17, 15) is 4.79 Å². The number of fused-ring (bicyclic) bond motifs is 1. The lowest BCUT2D eigenvalue weighted by atomic mass is 9.88. The van der Waals surface area contributed by atoms with Gasteiger partial charge in [0, 0.05) is 43.4 Å². The van der Waals surface area contributed by atoms with Crippen LogP contribution in [-0.2, 0) is 23.0 Å². The number of para-hydroxylation sites is 1. The number of benzene rings is 2. The van der Waals surface area contributed by atoms with Crippen molar-refractivity contribution < 1.29 is 9.53 Å². The van der Waals surface area contributed by atoms with Crippen molar-refractivity contribution in [2.45, 2.75) is 44.6 Å². The lowest BCUT2D eigenvalue weighted by molar-refractivity contribution is 0.147. The third-order valence-corrected chi connectivity index (χ3v) is 6.61. The maximum absolute atomic E-state index is 12.4. The second kappa shape index (κ2) is 10.5. The molecule has 1 aliphatic rings. The Morgan fingerprint density at radius 1 is 1.06 bits per heavy atom. The van der Waals surface area contributed by atoms with Crippen LogP contribution in [0.3, 0.4) is 0 Å². The molecule has 0 aliphatic heterocycles. The number of anilines is 3. The Bertz CT molecular complexity index is 1140. The fraction of sp³-hybridized carbons (Fsp3) is 0.370. The Morgan fingerprint density at radius 3 is 2.31 bits per heavy atom. The molecule has 0 bridgehead atoms. The Hall–Kier alpha value is -3.32. The maximum Gasteiger partial charge on any atom is 0.429 e. The average Bonchev–Trinajstić information content (AvgIpc) is 3.26. The highest BCUT2D eigenvalue weighted by molar-refractivity contribution is 6.35. The molecule has 1 aliphatic carbocycles. The molecule has 1 heterocycles. The number of aromatic nitrogens is 2. The maximum atomic E-state index is 12.4. The minimum atomic E-state index is -0.611. The first-order valence-electron chi connectivity index (χ1n) is 11.8. The van der Waals surface area contributed by atoms with Crippen LogP contribution in [0, 0.1) is 0 Å². The van der Waals surface area contributed by atoms with E-state index in [1.54, 1.807) is 12.1 Å². The van der Waals surface area contributed by atoms with E-state index in [0.29, 0.717) is 24.0 Å². The molecule has 184 valence electrons. The summed E-state index contributed by atoms with van der Waals surface area (Å²) in [5.74, 6) is 2.33. The summed E-state index contributed by atoms with van der Waals surface area (Å²) < 4.78 is 6.42. The highest BCUT2D eigenvalue weighted by Crippen LogP contribution is 2.29. The number of nitrogens with one attached hydrogen (secondary N) is 1. The normalized spacial score (nSPS) is 13.3. The van der Waals surface area contributed by atoms with Gasteiger partial charge in [-0.3, -0.25) is 0 Å². The van der Waals surface area contributed by atoms with Gasteiger partial charge in [-0.2, -0.15) is 4.42 Å². The number of ether oxygens (including phenoxy) is 1. The van der Waals surface area contributed by atoms with Gasteiger partial charge < -0.3 is 15.0 Å². The van der Waals surface area contributed by atoms with Crippen molar-refractivity contribution >= 4 is 35.2 Å². The third-order valence-electron chi connectivity index (χ3n) is 6.27. The number of carbonyl (C=O) groups is 1. The highest BCUT2D eigenvalue weighted by atomic mass is 35.5. The first kappa shape index (κ1) is 24.8. The molecular weight excluding hydrogens is 462 g/mol. The summed E-state index contributed by atoms with van der Waals surface area (Å²) in [4.78, 5) is 24.0. The van der Waals surface area contributed by atoms with E-state index in [-0.39, 0.29) is 6.61 Å². The molecule has 1 N–H and O–H groups in total. The van der Waals surface area contributed by atoms with Crippen molar-refractivity contribution in [2.75, 3.05) is 35.3 Å². The Morgan fingerprint density at radius 2 is 1.69 bits per heavy atom. The van der Waals surface area contributed by atoms with Crippen LogP contribution in [0.2, 0.25) is 0 Å². The lowest BCUT2D eigenvalue weighted by Gasteiger charge is -2.26. The Balaban J connectivity index is 1.42. The van der Waals surface area contributed by atoms with Crippen LogP contribution in [0.4, 0.5) is 22.1 Å². The van der Waals surface area contributed by atoms with Crippen molar-refractivity contribution in [1.29, 1.82) is 0 Å².